The van der Waals surface area contributed by atoms with Crippen molar-refractivity contribution in [2.75, 3.05) is 0 Å². The molecule has 1 amide bonds. The van der Waals surface area contributed by atoms with Crippen LogP contribution in [0.15, 0.2) is 24.3 Å². The third-order valence-corrected chi connectivity index (χ3v) is 2.80. The van der Waals surface area contributed by atoms with Gasteiger partial charge >= 0.3 is 0 Å². The van der Waals surface area contributed by atoms with E-state index in [4.69, 9.17) is 5.73 Å². The molecule has 6 heteroatoms. The Morgan fingerprint density at radius 2 is 2.11 bits per heavy atom. The summed E-state index contributed by atoms with van der Waals surface area (Å²) in [5, 5.41) is 13.3. The lowest BCUT2D eigenvalue weighted by Gasteiger charge is -2.25. The molecule has 0 saturated heterocycles. The summed E-state index contributed by atoms with van der Waals surface area (Å²) in [5.41, 5.74) is 6.17. The molecule has 0 heterocycles. The molecule has 1 aromatic rings. The Kier molecular flexibility index (Phi) is 4.61. The average molecular weight is 265 g/mol. The number of hydrogen-bond donors (Lipinski definition) is 2. The van der Waals surface area contributed by atoms with Gasteiger partial charge in [0, 0.05) is 18.7 Å². The molecule has 0 radical (unpaired) electrons. The molecule has 0 saturated carbocycles. The van der Waals surface area contributed by atoms with Crippen LogP contribution in [0.5, 0.6) is 0 Å². The molecule has 0 aliphatic rings. The zero-order valence-electron chi connectivity index (χ0n) is 11.3. The van der Waals surface area contributed by atoms with E-state index < -0.39 is 11.0 Å². The fourth-order valence-electron chi connectivity index (χ4n) is 1.47. The van der Waals surface area contributed by atoms with Gasteiger partial charge in [-0.2, -0.15) is 0 Å². The molecule has 0 aromatic heterocycles. The molecule has 3 N–H and O–H groups in total. The Morgan fingerprint density at radius 1 is 1.47 bits per heavy atom. The van der Waals surface area contributed by atoms with Gasteiger partial charge in [-0.05, 0) is 11.0 Å². The van der Waals surface area contributed by atoms with E-state index in [0.717, 1.165) is 0 Å². The van der Waals surface area contributed by atoms with Gasteiger partial charge in [0.25, 0.3) is 5.69 Å². The molecule has 0 bridgehead atoms. The molecule has 0 aliphatic heterocycles. The second kappa shape index (κ2) is 5.79. The first-order valence-electron chi connectivity index (χ1n) is 5.98. The first kappa shape index (κ1) is 15.1. The molecule has 0 aliphatic carbocycles. The highest BCUT2D eigenvalue weighted by atomic mass is 16.6. The summed E-state index contributed by atoms with van der Waals surface area (Å²) in [6.45, 7) is 5.87. The Hall–Kier alpha value is -1.95. The molecular formula is C13H19N3O3. The Balaban J connectivity index is 2.65. The smallest absolute Gasteiger partial charge is 0.269 e. The molecular weight excluding hydrogens is 246 g/mol. The summed E-state index contributed by atoms with van der Waals surface area (Å²) in [5.74, 6) is -0.265. The first-order valence-corrected chi connectivity index (χ1v) is 5.98. The van der Waals surface area contributed by atoms with Crippen LogP contribution in [-0.4, -0.2) is 16.9 Å². The van der Waals surface area contributed by atoms with Crippen molar-refractivity contribution in [3.05, 3.63) is 39.9 Å². The molecule has 0 unspecified atom stereocenters. The van der Waals surface area contributed by atoms with Gasteiger partial charge in [-0.25, -0.2) is 0 Å². The van der Waals surface area contributed by atoms with Crippen LogP contribution in [0.2, 0.25) is 0 Å². The molecule has 104 valence electrons. The highest BCUT2D eigenvalue weighted by Crippen LogP contribution is 2.17. The van der Waals surface area contributed by atoms with E-state index in [1.54, 1.807) is 12.1 Å². The summed E-state index contributed by atoms with van der Waals surface area (Å²) in [6, 6.07) is 5.53. The van der Waals surface area contributed by atoms with E-state index in [-0.39, 0.29) is 23.6 Å². The lowest BCUT2D eigenvalue weighted by molar-refractivity contribution is -0.384. The predicted molar refractivity (Wildman–Crippen MR) is 72.4 cm³/mol. The number of rotatable bonds is 4. The zero-order valence-corrected chi connectivity index (χ0v) is 11.3. The van der Waals surface area contributed by atoms with E-state index in [9.17, 15) is 14.9 Å². The summed E-state index contributed by atoms with van der Waals surface area (Å²) in [7, 11) is 0. The molecule has 0 fully saturated rings. The van der Waals surface area contributed by atoms with Gasteiger partial charge in [0.15, 0.2) is 0 Å². The third-order valence-electron chi connectivity index (χ3n) is 2.80. The average Bonchev–Trinajstić information content (AvgIpc) is 2.34. The van der Waals surface area contributed by atoms with Crippen molar-refractivity contribution in [3.8, 4) is 0 Å². The van der Waals surface area contributed by atoms with Crippen molar-refractivity contribution in [3.63, 3.8) is 0 Å². The standard InChI is InChI=1S/C13H19N3O3/c1-13(2,3)11(14)12(17)15-8-9-5-4-6-10(7-9)16(18)19/h4-7,11H,8,14H2,1-3H3,(H,15,17)/t11-/m1/s1. The minimum absolute atomic E-state index is 0.00636. The number of nitrogens with zero attached hydrogens (tertiary/aromatic N) is 1. The van der Waals surface area contributed by atoms with Crippen LogP contribution in [-0.2, 0) is 11.3 Å². The van der Waals surface area contributed by atoms with Crippen LogP contribution in [0.25, 0.3) is 0 Å². The number of amides is 1. The number of nitrogens with one attached hydrogen (secondary N) is 1. The molecule has 6 nitrogen and oxygen atoms in total. The minimum Gasteiger partial charge on any atom is -0.351 e. The molecule has 1 rings (SSSR count). The zero-order chi connectivity index (χ0) is 14.6. The first-order chi connectivity index (χ1) is 8.71. The molecule has 19 heavy (non-hydrogen) atoms. The van der Waals surface area contributed by atoms with Crippen LogP contribution in [0.3, 0.4) is 0 Å². The van der Waals surface area contributed by atoms with E-state index in [2.05, 4.69) is 5.32 Å². The van der Waals surface area contributed by atoms with Crippen molar-refractivity contribution in [1.82, 2.24) is 5.32 Å². The van der Waals surface area contributed by atoms with Crippen LogP contribution < -0.4 is 11.1 Å². The van der Waals surface area contributed by atoms with E-state index in [1.807, 2.05) is 20.8 Å². The normalized spacial score (nSPS) is 12.8. The van der Waals surface area contributed by atoms with E-state index >= 15 is 0 Å². The maximum Gasteiger partial charge on any atom is 0.269 e. The van der Waals surface area contributed by atoms with Crippen molar-refractivity contribution >= 4 is 11.6 Å². The summed E-state index contributed by atoms with van der Waals surface area (Å²) in [4.78, 5) is 22.0. The van der Waals surface area contributed by atoms with Crippen molar-refractivity contribution in [2.24, 2.45) is 11.1 Å². The topological polar surface area (TPSA) is 98.3 Å². The number of hydrogen-bond acceptors (Lipinski definition) is 4. The van der Waals surface area contributed by atoms with Gasteiger partial charge in [-0.3, -0.25) is 14.9 Å². The fourth-order valence-corrected chi connectivity index (χ4v) is 1.47. The summed E-state index contributed by atoms with van der Waals surface area (Å²) in [6.07, 6.45) is 0. The maximum absolute atomic E-state index is 11.8. The van der Waals surface area contributed by atoms with Gasteiger partial charge in [0.1, 0.15) is 0 Å². The van der Waals surface area contributed by atoms with Gasteiger partial charge in [-0.1, -0.05) is 32.9 Å². The minimum atomic E-state index is -0.619. The maximum atomic E-state index is 11.8. The van der Waals surface area contributed by atoms with Gasteiger partial charge in [0.2, 0.25) is 5.91 Å². The second-order valence-corrected chi connectivity index (χ2v) is 5.49. The summed E-state index contributed by atoms with van der Waals surface area (Å²) < 4.78 is 0. The SMILES string of the molecule is CC(C)(C)[C@H](N)C(=O)NCc1cccc([N+](=O)[O-])c1. The van der Waals surface area contributed by atoms with Crippen molar-refractivity contribution in [2.45, 2.75) is 33.4 Å². The lowest BCUT2D eigenvalue weighted by Crippen LogP contribution is -2.48. The molecule has 0 spiro atoms. The predicted octanol–water partition coefficient (Wildman–Crippen LogP) is 1.58. The highest BCUT2D eigenvalue weighted by molar-refractivity contribution is 5.82. The monoisotopic (exact) mass is 265 g/mol. The third kappa shape index (κ3) is 4.33. The van der Waals surface area contributed by atoms with Crippen molar-refractivity contribution in [1.29, 1.82) is 0 Å². The number of carbonyl (C=O) groups is 1. The van der Waals surface area contributed by atoms with Crippen molar-refractivity contribution < 1.29 is 9.72 Å². The largest absolute Gasteiger partial charge is 0.351 e. The summed E-state index contributed by atoms with van der Waals surface area (Å²) >= 11 is 0. The van der Waals surface area contributed by atoms with Crippen LogP contribution in [0, 0.1) is 15.5 Å². The van der Waals surface area contributed by atoms with E-state index in [0.29, 0.717) is 5.56 Å². The van der Waals surface area contributed by atoms with Crippen LogP contribution in [0.4, 0.5) is 5.69 Å². The van der Waals surface area contributed by atoms with Gasteiger partial charge in [0.05, 0.1) is 11.0 Å². The lowest BCUT2D eigenvalue weighted by atomic mass is 9.87. The fraction of sp³-hybridized carbons (Fsp3) is 0.462. The Morgan fingerprint density at radius 3 is 2.63 bits per heavy atom. The van der Waals surface area contributed by atoms with Gasteiger partial charge < -0.3 is 11.1 Å². The number of nitro groups is 1. The number of nitrogens with two attached hydrogens (primary N) is 1. The van der Waals surface area contributed by atoms with Crippen LogP contribution >= 0.6 is 0 Å². The molecule has 1 atom stereocenters. The number of benzene rings is 1. The number of carbonyl (C=O) groups excluding carboxylic acids is 1. The van der Waals surface area contributed by atoms with Gasteiger partial charge in [-0.15, -0.1) is 0 Å². The van der Waals surface area contributed by atoms with E-state index in [1.165, 1.54) is 12.1 Å². The number of non-ortho nitro benzene ring substituents is 1. The quantitative estimate of drug-likeness (QED) is 0.638. The molecule has 1 aromatic carbocycles. The van der Waals surface area contributed by atoms with Crippen LogP contribution in [0.1, 0.15) is 26.3 Å². The highest BCUT2D eigenvalue weighted by Gasteiger charge is 2.27. The Labute approximate surface area is 112 Å². The number of nitro benzene ring substituents is 1. The Bertz CT molecular complexity index is 480. The second-order valence-electron chi connectivity index (χ2n) is 5.49.